The van der Waals surface area contributed by atoms with E-state index in [1.165, 1.54) is 6.07 Å². The smallest absolute Gasteiger partial charge is 0.200 e. The van der Waals surface area contributed by atoms with Gasteiger partial charge in [-0.25, -0.2) is 9.07 Å². The summed E-state index contributed by atoms with van der Waals surface area (Å²) in [5, 5.41) is 14.0. The molecule has 0 radical (unpaired) electrons. The molecule has 0 saturated heterocycles. The molecule has 0 amide bonds. The first-order chi connectivity index (χ1) is 13.3. The first-order valence-corrected chi connectivity index (χ1v) is 12.8. The summed E-state index contributed by atoms with van der Waals surface area (Å²) in [7, 11) is -1.20. The van der Waals surface area contributed by atoms with E-state index in [0.29, 0.717) is 17.9 Å². The molecule has 3 rings (SSSR count). The summed E-state index contributed by atoms with van der Waals surface area (Å²) in [6.45, 7) is 7.69. The number of phenolic OH excluding ortho intramolecular Hbond substituents is 1. The molecule has 1 heterocycles. The van der Waals surface area contributed by atoms with Gasteiger partial charge in [0.15, 0.2) is 11.6 Å². The van der Waals surface area contributed by atoms with Crippen LogP contribution >= 0.6 is 0 Å². The third-order valence-electron chi connectivity index (χ3n) is 4.38. The Morgan fingerprint density at radius 3 is 2.39 bits per heavy atom. The Morgan fingerprint density at radius 1 is 1.00 bits per heavy atom. The van der Waals surface area contributed by atoms with Crippen molar-refractivity contribution in [1.29, 1.82) is 0 Å². The topological polar surface area (TPSA) is 47.3 Å². The van der Waals surface area contributed by atoms with Crippen LogP contribution in [0, 0.1) is 11.6 Å². The van der Waals surface area contributed by atoms with Crippen LogP contribution in [0.15, 0.2) is 48.7 Å². The molecule has 1 aromatic heterocycles. The van der Waals surface area contributed by atoms with Gasteiger partial charge < -0.3 is 9.84 Å². The molecule has 4 nitrogen and oxygen atoms in total. The monoisotopic (exact) mass is 402 g/mol. The maximum absolute atomic E-state index is 14.5. The molecule has 0 spiro atoms. The summed E-state index contributed by atoms with van der Waals surface area (Å²) >= 11 is 0. The molecule has 1 N–H and O–H groups in total. The molecule has 0 aliphatic heterocycles. The number of halogens is 2. The molecule has 3 aromatic rings. The number of hydrogen-bond donors (Lipinski definition) is 1. The van der Waals surface area contributed by atoms with Crippen LogP contribution in [0.3, 0.4) is 0 Å². The van der Waals surface area contributed by atoms with Crippen molar-refractivity contribution < 1.29 is 18.6 Å². The first-order valence-electron chi connectivity index (χ1n) is 9.14. The SMILES string of the molecule is C[Si](C)(C)CCOCn1cc(-c2ccc(O)c(F)c2F)c(-c2ccccc2)n1. The van der Waals surface area contributed by atoms with E-state index in [1.54, 1.807) is 10.9 Å². The van der Waals surface area contributed by atoms with E-state index in [0.717, 1.165) is 17.7 Å². The van der Waals surface area contributed by atoms with Gasteiger partial charge in [-0.05, 0) is 18.2 Å². The zero-order valence-electron chi connectivity index (χ0n) is 16.2. The van der Waals surface area contributed by atoms with Gasteiger partial charge in [0.25, 0.3) is 0 Å². The molecule has 0 unspecified atom stereocenters. The van der Waals surface area contributed by atoms with Gasteiger partial charge in [0.05, 0.1) is 0 Å². The summed E-state index contributed by atoms with van der Waals surface area (Å²) in [6.07, 6.45) is 1.64. The highest BCUT2D eigenvalue weighted by atomic mass is 28.3. The van der Waals surface area contributed by atoms with E-state index >= 15 is 0 Å². The Bertz CT molecular complexity index is 953. The fourth-order valence-electron chi connectivity index (χ4n) is 2.78. The Hall–Kier alpha value is -2.51. The van der Waals surface area contributed by atoms with E-state index < -0.39 is 25.5 Å². The highest BCUT2D eigenvalue weighted by Crippen LogP contribution is 2.35. The third-order valence-corrected chi connectivity index (χ3v) is 6.09. The van der Waals surface area contributed by atoms with Crippen LogP contribution in [0.4, 0.5) is 8.78 Å². The Kier molecular flexibility index (Phi) is 5.95. The molecular formula is C21H24F2N2O2Si. The highest BCUT2D eigenvalue weighted by Gasteiger charge is 2.20. The number of phenols is 1. The highest BCUT2D eigenvalue weighted by molar-refractivity contribution is 6.76. The van der Waals surface area contributed by atoms with Gasteiger partial charge in [-0.3, -0.25) is 0 Å². The standard InChI is InChI=1S/C21H24F2N2O2Si/c1-28(2,3)12-11-27-14-25-13-17(16-9-10-18(26)20(23)19(16)22)21(24-25)15-7-5-4-6-8-15/h4-10,13,26H,11-12,14H2,1-3H3. The number of ether oxygens (including phenoxy) is 1. The molecule has 0 atom stereocenters. The number of hydrogen-bond acceptors (Lipinski definition) is 3. The van der Waals surface area contributed by atoms with Gasteiger partial charge in [0.1, 0.15) is 12.4 Å². The third kappa shape index (κ3) is 4.66. The van der Waals surface area contributed by atoms with Crippen molar-refractivity contribution in [2.45, 2.75) is 32.4 Å². The Morgan fingerprint density at radius 2 is 1.71 bits per heavy atom. The van der Waals surface area contributed by atoms with Crippen LogP contribution in [-0.4, -0.2) is 29.6 Å². The number of rotatable bonds is 7. The number of aromatic nitrogens is 2. The summed E-state index contributed by atoms with van der Waals surface area (Å²) in [4.78, 5) is 0. The maximum atomic E-state index is 14.5. The van der Waals surface area contributed by atoms with Crippen LogP contribution in [0.2, 0.25) is 25.7 Å². The predicted molar refractivity (Wildman–Crippen MR) is 109 cm³/mol. The quantitative estimate of drug-likeness (QED) is 0.418. The van der Waals surface area contributed by atoms with Crippen molar-refractivity contribution in [2.24, 2.45) is 0 Å². The number of nitrogens with zero attached hydrogens (tertiary/aromatic N) is 2. The van der Waals surface area contributed by atoms with Gasteiger partial charge in [-0.15, -0.1) is 0 Å². The van der Waals surface area contributed by atoms with Crippen molar-refractivity contribution in [3.05, 3.63) is 60.3 Å². The normalized spacial score (nSPS) is 11.8. The lowest BCUT2D eigenvalue weighted by molar-refractivity contribution is 0.0788. The second kappa shape index (κ2) is 8.24. The molecule has 7 heteroatoms. The molecule has 0 bridgehead atoms. The van der Waals surface area contributed by atoms with Gasteiger partial charge in [-0.2, -0.15) is 9.49 Å². The largest absolute Gasteiger partial charge is 0.505 e. The molecule has 0 fully saturated rings. The molecule has 0 aliphatic carbocycles. The minimum atomic E-state index is -1.27. The van der Waals surface area contributed by atoms with Crippen molar-refractivity contribution in [3.63, 3.8) is 0 Å². The summed E-state index contributed by atoms with van der Waals surface area (Å²) in [5.41, 5.74) is 1.79. The average Bonchev–Trinajstić information content (AvgIpc) is 3.07. The minimum Gasteiger partial charge on any atom is -0.505 e. The fourth-order valence-corrected chi connectivity index (χ4v) is 3.53. The van der Waals surface area contributed by atoms with Crippen molar-refractivity contribution in [3.8, 4) is 28.1 Å². The lowest BCUT2D eigenvalue weighted by Crippen LogP contribution is -2.22. The zero-order chi connectivity index (χ0) is 20.3. The average molecular weight is 403 g/mol. The van der Waals surface area contributed by atoms with E-state index in [-0.39, 0.29) is 12.3 Å². The lowest BCUT2D eigenvalue weighted by atomic mass is 10.0. The second-order valence-corrected chi connectivity index (χ2v) is 13.5. The molecule has 2 aromatic carbocycles. The fraction of sp³-hybridized carbons (Fsp3) is 0.286. The van der Waals surface area contributed by atoms with Gasteiger partial charge >= 0.3 is 0 Å². The first kappa shape index (κ1) is 20.2. The second-order valence-electron chi connectivity index (χ2n) is 7.91. The molecular weight excluding hydrogens is 378 g/mol. The number of benzene rings is 2. The molecule has 148 valence electrons. The van der Waals surface area contributed by atoms with Crippen molar-refractivity contribution in [2.75, 3.05) is 6.61 Å². The summed E-state index contributed by atoms with van der Waals surface area (Å²) in [5.74, 6) is -3.09. The van der Waals surface area contributed by atoms with Gasteiger partial charge in [-0.1, -0.05) is 50.0 Å². The van der Waals surface area contributed by atoms with Gasteiger partial charge in [0.2, 0.25) is 5.82 Å². The van der Waals surface area contributed by atoms with Gasteiger partial charge in [0, 0.05) is 37.6 Å². The van der Waals surface area contributed by atoms with E-state index in [1.807, 2.05) is 30.3 Å². The van der Waals surface area contributed by atoms with E-state index in [9.17, 15) is 13.9 Å². The van der Waals surface area contributed by atoms with Crippen LogP contribution in [0.25, 0.3) is 22.4 Å². The molecule has 0 aliphatic rings. The van der Waals surface area contributed by atoms with Crippen LogP contribution in [0.1, 0.15) is 0 Å². The summed E-state index contributed by atoms with van der Waals surface area (Å²) < 4.78 is 35.7. The van der Waals surface area contributed by atoms with Crippen molar-refractivity contribution in [1.82, 2.24) is 9.78 Å². The van der Waals surface area contributed by atoms with Crippen LogP contribution < -0.4 is 0 Å². The lowest BCUT2D eigenvalue weighted by Gasteiger charge is -2.15. The van der Waals surface area contributed by atoms with E-state index in [2.05, 4.69) is 24.7 Å². The predicted octanol–water partition coefficient (Wildman–Crippen LogP) is 5.51. The zero-order valence-corrected chi connectivity index (χ0v) is 17.2. The Labute approximate surface area is 164 Å². The molecule has 28 heavy (non-hydrogen) atoms. The Balaban J connectivity index is 1.94. The van der Waals surface area contributed by atoms with E-state index in [4.69, 9.17) is 4.74 Å². The molecule has 0 saturated carbocycles. The maximum Gasteiger partial charge on any atom is 0.200 e. The van der Waals surface area contributed by atoms with Crippen LogP contribution in [-0.2, 0) is 11.5 Å². The summed E-state index contributed by atoms with van der Waals surface area (Å²) in [6, 6.07) is 12.8. The van der Waals surface area contributed by atoms with Crippen LogP contribution in [0.5, 0.6) is 5.75 Å². The van der Waals surface area contributed by atoms with Crippen molar-refractivity contribution >= 4 is 8.07 Å². The minimum absolute atomic E-state index is 0.0440. The number of aromatic hydroxyl groups is 1.